The zero-order chi connectivity index (χ0) is 15.4. The number of nitrogens with zero attached hydrogens (tertiary/aromatic N) is 3. The highest BCUT2D eigenvalue weighted by Crippen LogP contribution is 2.18. The van der Waals surface area contributed by atoms with Crippen LogP contribution in [0.4, 0.5) is 0 Å². The molecular formula is C15H21N3O3. The summed E-state index contributed by atoms with van der Waals surface area (Å²) in [7, 11) is 3.75. The van der Waals surface area contributed by atoms with E-state index in [1.54, 1.807) is 19.2 Å². The molecule has 1 aromatic carbocycles. The fourth-order valence-corrected chi connectivity index (χ4v) is 2.30. The number of ether oxygens (including phenoxy) is 1. The molecule has 0 fully saturated rings. The fourth-order valence-electron chi connectivity index (χ4n) is 2.30. The second-order valence-corrected chi connectivity index (χ2v) is 5.12. The van der Waals surface area contributed by atoms with Gasteiger partial charge in [-0.2, -0.15) is 0 Å². The van der Waals surface area contributed by atoms with Crippen LogP contribution >= 0.6 is 0 Å². The Morgan fingerprint density at radius 2 is 2.19 bits per heavy atom. The molecule has 0 aliphatic rings. The van der Waals surface area contributed by atoms with Gasteiger partial charge in [0.05, 0.1) is 23.2 Å². The number of carboxylic acids is 1. The number of aromatic carboxylic acids is 1. The number of rotatable bonds is 7. The van der Waals surface area contributed by atoms with Crippen molar-refractivity contribution in [2.45, 2.75) is 13.5 Å². The largest absolute Gasteiger partial charge is 0.478 e. The van der Waals surface area contributed by atoms with Crippen LogP contribution in [0.3, 0.4) is 0 Å². The van der Waals surface area contributed by atoms with Crippen molar-refractivity contribution in [2.24, 2.45) is 0 Å². The number of hydrogen-bond donors (Lipinski definition) is 1. The van der Waals surface area contributed by atoms with E-state index in [0.29, 0.717) is 6.61 Å². The van der Waals surface area contributed by atoms with Gasteiger partial charge >= 0.3 is 5.97 Å². The topological polar surface area (TPSA) is 67.6 Å². The molecule has 1 heterocycles. The maximum absolute atomic E-state index is 11.0. The third-order valence-electron chi connectivity index (χ3n) is 3.57. The Bertz CT molecular complexity index is 636. The molecule has 0 aliphatic carbocycles. The molecule has 0 radical (unpaired) electrons. The average Bonchev–Trinajstić information content (AvgIpc) is 2.77. The first-order chi connectivity index (χ1) is 10.0. The van der Waals surface area contributed by atoms with Crippen molar-refractivity contribution in [2.75, 3.05) is 33.9 Å². The Kier molecular flexibility index (Phi) is 4.93. The first-order valence-electron chi connectivity index (χ1n) is 6.90. The van der Waals surface area contributed by atoms with E-state index in [1.807, 2.05) is 13.0 Å². The molecule has 1 aromatic heterocycles. The van der Waals surface area contributed by atoms with Crippen LogP contribution in [0.2, 0.25) is 0 Å². The molecule has 0 spiro atoms. The number of likely N-dealkylation sites (N-methyl/N-ethyl adjacent to an activating group) is 1. The minimum atomic E-state index is -0.927. The lowest BCUT2D eigenvalue weighted by Crippen LogP contribution is -2.27. The van der Waals surface area contributed by atoms with E-state index >= 15 is 0 Å². The Hall–Kier alpha value is -1.92. The number of aryl methyl sites for hydroxylation is 1. The lowest BCUT2D eigenvalue weighted by Gasteiger charge is -2.17. The molecule has 6 heteroatoms. The Labute approximate surface area is 124 Å². The monoisotopic (exact) mass is 291 g/mol. The maximum atomic E-state index is 11.0. The first-order valence-corrected chi connectivity index (χ1v) is 6.90. The van der Waals surface area contributed by atoms with Crippen LogP contribution < -0.4 is 0 Å². The third-order valence-corrected chi connectivity index (χ3v) is 3.57. The normalized spacial score (nSPS) is 11.4. The summed E-state index contributed by atoms with van der Waals surface area (Å²) in [5.74, 6) is -0.0314. The van der Waals surface area contributed by atoms with Crippen LogP contribution in [0.5, 0.6) is 0 Å². The Balaban J connectivity index is 2.16. The van der Waals surface area contributed by atoms with E-state index in [0.717, 1.165) is 36.5 Å². The zero-order valence-corrected chi connectivity index (χ0v) is 12.7. The number of methoxy groups -OCH3 is 1. The van der Waals surface area contributed by atoms with Crippen molar-refractivity contribution in [1.82, 2.24) is 14.5 Å². The molecule has 0 unspecified atom stereocenters. The van der Waals surface area contributed by atoms with Gasteiger partial charge in [-0.1, -0.05) is 0 Å². The molecule has 0 saturated heterocycles. The minimum absolute atomic E-state index is 0.268. The van der Waals surface area contributed by atoms with Crippen LogP contribution in [-0.2, 0) is 11.3 Å². The predicted octanol–water partition coefficient (Wildman–Crippen LogP) is 1.62. The van der Waals surface area contributed by atoms with Crippen molar-refractivity contribution >= 4 is 17.0 Å². The molecule has 1 N–H and O–H groups in total. The Morgan fingerprint density at radius 1 is 1.43 bits per heavy atom. The summed E-state index contributed by atoms with van der Waals surface area (Å²) >= 11 is 0. The molecule has 2 rings (SSSR count). The van der Waals surface area contributed by atoms with E-state index in [9.17, 15) is 4.79 Å². The number of hydrogen-bond acceptors (Lipinski definition) is 4. The summed E-state index contributed by atoms with van der Waals surface area (Å²) < 4.78 is 7.18. The smallest absolute Gasteiger partial charge is 0.335 e. The van der Waals surface area contributed by atoms with Gasteiger partial charge in [-0.3, -0.25) is 0 Å². The molecule has 0 amide bonds. The number of fused-ring (bicyclic) bond motifs is 1. The van der Waals surface area contributed by atoms with Crippen molar-refractivity contribution in [3.05, 3.63) is 29.6 Å². The van der Waals surface area contributed by atoms with Crippen LogP contribution in [0.25, 0.3) is 11.0 Å². The lowest BCUT2D eigenvalue weighted by molar-refractivity contribution is 0.0697. The summed E-state index contributed by atoms with van der Waals surface area (Å²) in [6.45, 7) is 5.23. The lowest BCUT2D eigenvalue weighted by atomic mass is 10.2. The van der Waals surface area contributed by atoms with Gasteiger partial charge in [0, 0.05) is 26.7 Å². The van der Waals surface area contributed by atoms with E-state index in [-0.39, 0.29) is 5.56 Å². The van der Waals surface area contributed by atoms with E-state index in [2.05, 4.69) is 21.5 Å². The molecule has 0 saturated carbocycles. The minimum Gasteiger partial charge on any atom is -0.478 e. The molecule has 0 aliphatic heterocycles. The number of benzene rings is 1. The van der Waals surface area contributed by atoms with Crippen LogP contribution in [-0.4, -0.2) is 59.4 Å². The number of carboxylic acid groups (broad SMARTS) is 1. The predicted molar refractivity (Wildman–Crippen MR) is 80.8 cm³/mol. The molecule has 0 atom stereocenters. The number of aromatic nitrogens is 2. The highest BCUT2D eigenvalue weighted by atomic mass is 16.5. The zero-order valence-electron chi connectivity index (χ0n) is 12.7. The van der Waals surface area contributed by atoms with Crippen molar-refractivity contribution in [1.29, 1.82) is 0 Å². The highest BCUT2D eigenvalue weighted by molar-refractivity contribution is 5.92. The highest BCUT2D eigenvalue weighted by Gasteiger charge is 2.11. The number of carbonyl (C=O) groups is 1. The van der Waals surface area contributed by atoms with Gasteiger partial charge in [0.2, 0.25) is 0 Å². The van der Waals surface area contributed by atoms with Crippen LogP contribution in [0.15, 0.2) is 18.2 Å². The van der Waals surface area contributed by atoms with Crippen molar-refractivity contribution in [3.8, 4) is 0 Å². The second kappa shape index (κ2) is 6.69. The fraction of sp³-hybridized carbons (Fsp3) is 0.467. The maximum Gasteiger partial charge on any atom is 0.335 e. The van der Waals surface area contributed by atoms with Gasteiger partial charge in [0.15, 0.2) is 0 Å². The van der Waals surface area contributed by atoms with Gasteiger partial charge in [0.1, 0.15) is 5.82 Å². The molecule has 0 bridgehead atoms. The molecule has 21 heavy (non-hydrogen) atoms. The van der Waals surface area contributed by atoms with Gasteiger partial charge in [0.25, 0.3) is 0 Å². The number of imidazole rings is 1. The van der Waals surface area contributed by atoms with E-state index < -0.39 is 5.97 Å². The van der Waals surface area contributed by atoms with E-state index in [4.69, 9.17) is 9.84 Å². The van der Waals surface area contributed by atoms with Gasteiger partial charge in [-0.25, -0.2) is 9.78 Å². The molecular weight excluding hydrogens is 270 g/mol. The molecule has 114 valence electrons. The average molecular weight is 291 g/mol. The first kappa shape index (κ1) is 15.5. The quantitative estimate of drug-likeness (QED) is 0.839. The molecule has 6 nitrogen and oxygen atoms in total. The van der Waals surface area contributed by atoms with Crippen LogP contribution in [0.1, 0.15) is 16.2 Å². The summed E-state index contributed by atoms with van der Waals surface area (Å²) in [5.41, 5.74) is 1.97. The van der Waals surface area contributed by atoms with Crippen LogP contribution in [0, 0.1) is 6.92 Å². The van der Waals surface area contributed by atoms with Crippen molar-refractivity contribution in [3.63, 3.8) is 0 Å². The van der Waals surface area contributed by atoms with Crippen molar-refractivity contribution < 1.29 is 14.6 Å². The van der Waals surface area contributed by atoms with Gasteiger partial charge in [-0.15, -0.1) is 0 Å². The van der Waals surface area contributed by atoms with Gasteiger partial charge < -0.3 is 19.3 Å². The summed E-state index contributed by atoms with van der Waals surface area (Å²) in [6, 6.07) is 5.07. The Morgan fingerprint density at radius 3 is 2.86 bits per heavy atom. The standard InChI is InChI=1S/C15H21N3O3/c1-11-16-13-10-12(15(19)20)4-5-14(13)18(11)7-6-17(2)8-9-21-3/h4-5,10H,6-9H2,1-3H3,(H,19,20). The summed E-state index contributed by atoms with van der Waals surface area (Å²) in [5, 5.41) is 9.03. The molecule has 2 aromatic rings. The summed E-state index contributed by atoms with van der Waals surface area (Å²) in [6.07, 6.45) is 0. The van der Waals surface area contributed by atoms with Gasteiger partial charge in [-0.05, 0) is 32.2 Å². The third kappa shape index (κ3) is 3.59. The SMILES string of the molecule is COCCN(C)CCn1c(C)nc2cc(C(=O)O)ccc21. The second-order valence-electron chi connectivity index (χ2n) is 5.12. The van der Waals surface area contributed by atoms with E-state index in [1.165, 1.54) is 0 Å². The summed E-state index contributed by atoms with van der Waals surface area (Å²) in [4.78, 5) is 17.6.